The van der Waals surface area contributed by atoms with Gasteiger partial charge in [-0.2, -0.15) is 0 Å². The summed E-state index contributed by atoms with van der Waals surface area (Å²) in [5, 5.41) is 0. The second-order valence-corrected chi connectivity index (χ2v) is 7.66. The third kappa shape index (κ3) is 6.01. The van der Waals surface area contributed by atoms with E-state index in [-0.39, 0.29) is 23.3 Å². The van der Waals surface area contributed by atoms with E-state index in [0.29, 0.717) is 12.1 Å². The maximum atomic E-state index is 14.6. The number of halogens is 2. The zero-order valence-corrected chi connectivity index (χ0v) is 18.0. The molecule has 0 saturated carbocycles. The van der Waals surface area contributed by atoms with E-state index in [4.69, 9.17) is 4.74 Å². The topological polar surface area (TPSA) is 29.5 Å². The van der Waals surface area contributed by atoms with Crippen LogP contribution < -0.4 is 4.74 Å². The average Bonchev–Trinajstić information content (AvgIpc) is 2.68. The van der Waals surface area contributed by atoms with E-state index in [1.54, 1.807) is 42.5 Å². The Morgan fingerprint density at radius 2 is 1.96 bits per heavy atom. The molecule has 2 aromatic carbocycles. The number of rotatable bonds is 11. The summed E-state index contributed by atoms with van der Waals surface area (Å²) >= 11 is 3.35. The van der Waals surface area contributed by atoms with Crippen molar-refractivity contribution in [1.29, 1.82) is 0 Å². The van der Waals surface area contributed by atoms with Gasteiger partial charge in [-0.25, -0.2) is 4.39 Å². The molecule has 5 heteroatoms. The van der Waals surface area contributed by atoms with Crippen LogP contribution in [0.1, 0.15) is 48.5 Å². The van der Waals surface area contributed by atoms with Gasteiger partial charge >= 0.3 is 0 Å². The lowest BCUT2D eigenvalue weighted by Crippen LogP contribution is -2.37. The standard InChI is InChI=1S/C23H27BrFNO2/c1-4-6-7-11-21(26(3)16-5-2)28-20-10-8-9-19(25)22(20)23(27)17-12-14-18(24)15-13-17/h5,8-10,12-15,21H,2,4,6-7,11,16H2,1,3H3. The molecule has 28 heavy (non-hydrogen) atoms. The van der Waals surface area contributed by atoms with Crippen molar-refractivity contribution in [1.82, 2.24) is 4.90 Å². The number of ketones is 1. The molecule has 1 unspecified atom stereocenters. The first-order chi connectivity index (χ1) is 13.5. The van der Waals surface area contributed by atoms with Gasteiger partial charge in [-0.05, 0) is 56.3 Å². The maximum Gasteiger partial charge on any atom is 0.199 e. The molecule has 0 radical (unpaired) electrons. The van der Waals surface area contributed by atoms with Crippen molar-refractivity contribution in [2.45, 2.75) is 38.8 Å². The lowest BCUT2D eigenvalue weighted by Gasteiger charge is -2.28. The minimum atomic E-state index is -0.580. The van der Waals surface area contributed by atoms with Crippen molar-refractivity contribution < 1.29 is 13.9 Å². The Kier molecular flexibility index (Phi) is 8.87. The zero-order valence-electron chi connectivity index (χ0n) is 16.5. The molecule has 0 aliphatic heterocycles. The Morgan fingerprint density at radius 1 is 1.25 bits per heavy atom. The van der Waals surface area contributed by atoms with Crippen LogP contribution in [0.2, 0.25) is 0 Å². The third-order valence-corrected chi connectivity index (χ3v) is 5.06. The van der Waals surface area contributed by atoms with E-state index < -0.39 is 5.82 Å². The fourth-order valence-electron chi connectivity index (χ4n) is 2.97. The molecule has 0 N–H and O–H groups in total. The van der Waals surface area contributed by atoms with Gasteiger partial charge in [-0.3, -0.25) is 9.69 Å². The van der Waals surface area contributed by atoms with Crippen LogP contribution in [0.5, 0.6) is 5.75 Å². The van der Waals surface area contributed by atoms with Crippen molar-refractivity contribution in [3.8, 4) is 5.75 Å². The van der Waals surface area contributed by atoms with Crippen LogP contribution in [0.25, 0.3) is 0 Å². The van der Waals surface area contributed by atoms with Crippen molar-refractivity contribution in [3.05, 3.63) is 76.5 Å². The first-order valence-electron chi connectivity index (χ1n) is 9.54. The highest BCUT2D eigenvalue weighted by Crippen LogP contribution is 2.27. The molecule has 0 heterocycles. The first kappa shape index (κ1) is 22.3. The van der Waals surface area contributed by atoms with Gasteiger partial charge in [0.2, 0.25) is 0 Å². The second-order valence-electron chi connectivity index (χ2n) is 6.75. The van der Waals surface area contributed by atoms with E-state index in [2.05, 4.69) is 29.4 Å². The first-order valence-corrected chi connectivity index (χ1v) is 10.3. The number of ether oxygens (including phenoxy) is 1. The lowest BCUT2D eigenvalue weighted by molar-refractivity contribution is 0.0429. The monoisotopic (exact) mass is 447 g/mol. The zero-order chi connectivity index (χ0) is 20.5. The lowest BCUT2D eigenvalue weighted by atomic mass is 10.0. The van der Waals surface area contributed by atoms with Crippen LogP contribution in [0, 0.1) is 5.82 Å². The van der Waals surface area contributed by atoms with Crippen LogP contribution in [-0.2, 0) is 0 Å². The molecule has 0 bridgehead atoms. The van der Waals surface area contributed by atoms with Gasteiger partial charge in [0.15, 0.2) is 12.0 Å². The Bertz CT molecular complexity index is 792. The minimum absolute atomic E-state index is 0.0303. The summed E-state index contributed by atoms with van der Waals surface area (Å²) in [5.74, 6) is -0.700. The molecule has 3 nitrogen and oxygen atoms in total. The van der Waals surface area contributed by atoms with E-state index in [1.165, 1.54) is 6.07 Å². The molecule has 0 saturated heterocycles. The van der Waals surface area contributed by atoms with Gasteiger partial charge in [0, 0.05) is 16.6 Å². The van der Waals surface area contributed by atoms with Gasteiger partial charge in [0.05, 0.1) is 0 Å². The van der Waals surface area contributed by atoms with Gasteiger partial charge in [0.25, 0.3) is 0 Å². The number of carbonyl (C=O) groups excluding carboxylic acids is 1. The maximum absolute atomic E-state index is 14.6. The Hall–Kier alpha value is -1.98. The molecule has 0 amide bonds. The van der Waals surface area contributed by atoms with Gasteiger partial charge in [-0.1, -0.05) is 47.8 Å². The average molecular weight is 448 g/mol. The predicted molar refractivity (Wildman–Crippen MR) is 115 cm³/mol. The quantitative estimate of drug-likeness (QED) is 0.177. The molecule has 0 aromatic heterocycles. The fourth-order valence-corrected chi connectivity index (χ4v) is 3.24. The van der Waals surface area contributed by atoms with Gasteiger partial charge in [-0.15, -0.1) is 6.58 Å². The molecule has 0 aliphatic carbocycles. The van der Waals surface area contributed by atoms with Crippen LogP contribution in [-0.4, -0.2) is 30.5 Å². The smallest absolute Gasteiger partial charge is 0.199 e. The number of benzene rings is 2. The molecular formula is C23H27BrFNO2. The number of hydrogen-bond donors (Lipinski definition) is 0. The highest BCUT2D eigenvalue weighted by atomic mass is 79.9. The van der Waals surface area contributed by atoms with Gasteiger partial charge < -0.3 is 4.74 Å². The molecule has 0 aliphatic rings. The van der Waals surface area contributed by atoms with Crippen LogP contribution in [0.3, 0.4) is 0 Å². The van der Waals surface area contributed by atoms with E-state index in [9.17, 15) is 9.18 Å². The normalized spacial score (nSPS) is 12.0. The fraction of sp³-hybridized carbons (Fsp3) is 0.348. The minimum Gasteiger partial charge on any atom is -0.474 e. The number of carbonyl (C=O) groups is 1. The summed E-state index contributed by atoms with van der Waals surface area (Å²) in [7, 11) is 1.94. The summed E-state index contributed by atoms with van der Waals surface area (Å²) in [5.41, 5.74) is 0.387. The number of unbranched alkanes of at least 4 members (excludes halogenated alkanes) is 2. The highest BCUT2D eigenvalue weighted by Gasteiger charge is 2.23. The second kappa shape index (κ2) is 11.1. The van der Waals surface area contributed by atoms with Crippen LogP contribution >= 0.6 is 15.9 Å². The van der Waals surface area contributed by atoms with Crippen LogP contribution in [0.4, 0.5) is 4.39 Å². The van der Waals surface area contributed by atoms with E-state index >= 15 is 0 Å². The Morgan fingerprint density at radius 3 is 2.61 bits per heavy atom. The largest absolute Gasteiger partial charge is 0.474 e. The molecule has 150 valence electrons. The number of nitrogens with zero attached hydrogens (tertiary/aromatic N) is 1. The summed E-state index contributed by atoms with van der Waals surface area (Å²) in [6.07, 6.45) is 5.52. The SMILES string of the molecule is C=CCN(C)C(CCCCC)Oc1cccc(F)c1C(=O)c1ccc(Br)cc1. The van der Waals surface area contributed by atoms with Crippen LogP contribution in [0.15, 0.2) is 59.6 Å². The number of likely N-dealkylation sites (N-methyl/N-ethyl adjacent to an activating group) is 1. The Labute approximate surface area is 175 Å². The summed E-state index contributed by atoms with van der Waals surface area (Å²) in [6, 6.07) is 11.4. The van der Waals surface area contributed by atoms with Crippen molar-refractivity contribution in [2.75, 3.05) is 13.6 Å². The van der Waals surface area contributed by atoms with Crippen molar-refractivity contribution >= 4 is 21.7 Å². The molecule has 1 atom stereocenters. The highest BCUT2D eigenvalue weighted by molar-refractivity contribution is 9.10. The molecule has 2 aromatic rings. The number of hydrogen-bond acceptors (Lipinski definition) is 3. The van der Waals surface area contributed by atoms with Gasteiger partial charge in [0.1, 0.15) is 17.1 Å². The molecule has 0 fully saturated rings. The predicted octanol–water partition coefficient (Wildman–Crippen LogP) is 6.22. The Balaban J connectivity index is 2.32. The van der Waals surface area contributed by atoms with E-state index in [0.717, 1.165) is 30.2 Å². The molecule has 0 spiro atoms. The summed E-state index contributed by atoms with van der Waals surface area (Å²) in [6.45, 7) is 6.56. The van der Waals surface area contributed by atoms with E-state index in [1.807, 2.05) is 11.9 Å². The summed E-state index contributed by atoms with van der Waals surface area (Å²) in [4.78, 5) is 15.0. The van der Waals surface area contributed by atoms with Crippen molar-refractivity contribution in [3.63, 3.8) is 0 Å². The summed E-state index contributed by atoms with van der Waals surface area (Å²) < 4.78 is 21.7. The van der Waals surface area contributed by atoms with Crippen molar-refractivity contribution in [2.24, 2.45) is 0 Å². The molecular weight excluding hydrogens is 421 g/mol. The third-order valence-electron chi connectivity index (χ3n) is 4.54. The molecule has 2 rings (SSSR count).